The van der Waals surface area contributed by atoms with E-state index < -0.39 is 0 Å². The van der Waals surface area contributed by atoms with Crippen LogP contribution in [0.15, 0.2) is 90.0 Å². The Hall–Kier alpha value is -3.89. The molecule has 5 rings (SSSR count). The van der Waals surface area contributed by atoms with Crippen molar-refractivity contribution < 1.29 is 5.11 Å². The van der Waals surface area contributed by atoms with E-state index >= 15 is 0 Å². The number of phenolic OH excluding ortho intramolecular Hbond substituents is 1. The number of nitrogens with one attached hydrogen (secondary N) is 2. The quantitative estimate of drug-likeness (QED) is 0.111. The SMILES string of the molecule is Cc1cc(N)c(O)c(-c2c3ccccc3cc3ccccc23)c1.N=C1C=CC(Cl)=CC1=N. The minimum atomic E-state index is 0.150. The minimum Gasteiger partial charge on any atom is -0.505 e. The first kappa shape index (κ1) is 21.3. The number of hydrogen-bond donors (Lipinski definition) is 4. The monoisotopic (exact) mass is 439 g/mol. The lowest BCUT2D eigenvalue weighted by Gasteiger charge is -2.15. The molecule has 0 amide bonds. The zero-order valence-corrected chi connectivity index (χ0v) is 18.2. The number of nitrogens with two attached hydrogens (primary N) is 1. The Morgan fingerprint density at radius 3 is 1.97 bits per heavy atom. The topological polar surface area (TPSA) is 93.9 Å². The van der Waals surface area contributed by atoms with Crippen molar-refractivity contribution in [2.45, 2.75) is 6.92 Å². The second kappa shape index (κ2) is 8.69. The van der Waals surface area contributed by atoms with Crippen molar-refractivity contribution in [3.8, 4) is 16.9 Å². The molecule has 0 spiro atoms. The molecule has 4 aromatic carbocycles. The second-order valence-corrected chi connectivity index (χ2v) is 8.07. The van der Waals surface area contributed by atoms with Crippen LogP contribution in [0.3, 0.4) is 0 Å². The van der Waals surface area contributed by atoms with Crippen LogP contribution in [-0.2, 0) is 0 Å². The third-order valence-electron chi connectivity index (χ3n) is 5.31. The zero-order chi connectivity index (χ0) is 22.8. The molecule has 0 fully saturated rings. The van der Waals surface area contributed by atoms with E-state index in [1.54, 1.807) is 12.1 Å². The van der Waals surface area contributed by atoms with E-state index in [2.05, 4.69) is 30.3 Å². The normalized spacial score (nSPS) is 13.1. The molecular formula is C27H22ClN3O. The van der Waals surface area contributed by atoms with Crippen molar-refractivity contribution in [2.24, 2.45) is 0 Å². The molecule has 5 N–H and O–H groups in total. The third-order valence-corrected chi connectivity index (χ3v) is 5.54. The summed E-state index contributed by atoms with van der Waals surface area (Å²) in [6.07, 6.45) is 4.55. The average molecular weight is 440 g/mol. The van der Waals surface area contributed by atoms with Crippen LogP contribution in [0.5, 0.6) is 5.75 Å². The molecule has 0 saturated carbocycles. The van der Waals surface area contributed by atoms with Crippen molar-refractivity contribution in [3.63, 3.8) is 0 Å². The molecule has 0 atom stereocenters. The van der Waals surface area contributed by atoms with Gasteiger partial charge in [0, 0.05) is 16.2 Å². The van der Waals surface area contributed by atoms with Crippen LogP contribution in [0.2, 0.25) is 0 Å². The summed E-state index contributed by atoms with van der Waals surface area (Å²) in [4.78, 5) is 0. The minimum absolute atomic E-state index is 0.150. The lowest BCUT2D eigenvalue weighted by Crippen LogP contribution is -2.08. The van der Waals surface area contributed by atoms with Gasteiger partial charge < -0.3 is 10.8 Å². The maximum Gasteiger partial charge on any atom is 0.146 e. The summed E-state index contributed by atoms with van der Waals surface area (Å²) >= 11 is 5.51. The summed E-state index contributed by atoms with van der Waals surface area (Å²) in [5.74, 6) is 0.150. The van der Waals surface area contributed by atoms with Gasteiger partial charge in [-0.1, -0.05) is 60.1 Å². The van der Waals surface area contributed by atoms with Crippen molar-refractivity contribution in [1.29, 1.82) is 10.8 Å². The summed E-state index contributed by atoms with van der Waals surface area (Å²) in [5, 5.41) is 29.8. The molecule has 4 aromatic rings. The molecular weight excluding hydrogens is 418 g/mol. The number of anilines is 1. The van der Waals surface area contributed by atoms with E-state index in [-0.39, 0.29) is 17.2 Å². The number of aryl methyl sites for hydroxylation is 1. The highest BCUT2D eigenvalue weighted by atomic mass is 35.5. The standard InChI is InChI=1S/C21H17NO.C6H5ClN2/c1-13-10-18(21(23)19(22)11-13)20-16-8-4-2-6-14(16)12-15-7-3-5-9-17(15)20;7-4-1-2-5(8)6(9)3-4/h2-12,23H,22H2,1H3;1-3,8-9H. The van der Waals surface area contributed by atoms with Gasteiger partial charge in [0.1, 0.15) is 5.75 Å². The highest BCUT2D eigenvalue weighted by Crippen LogP contribution is 2.42. The van der Waals surface area contributed by atoms with Gasteiger partial charge >= 0.3 is 0 Å². The molecule has 5 heteroatoms. The van der Waals surface area contributed by atoms with E-state index in [1.165, 1.54) is 12.2 Å². The van der Waals surface area contributed by atoms with Crippen molar-refractivity contribution in [2.75, 3.05) is 5.73 Å². The Balaban J connectivity index is 0.000000230. The van der Waals surface area contributed by atoms with Gasteiger partial charge in [0.15, 0.2) is 0 Å². The molecule has 32 heavy (non-hydrogen) atoms. The van der Waals surface area contributed by atoms with Crippen LogP contribution in [-0.4, -0.2) is 16.5 Å². The number of rotatable bonds is 1. The van der Waals surface area contributed by atoms with Gasteiger partial charge in [0.25, 0.3) is 0 Å². The predicted octanol–water partition coefficient (Wildman–Crippen LogP) is 6.97. The second-order valence-electron chi connectivity index (χ2n) is 7.63. The fourth-order valence-corrected chi connectivity index (χ4v) is 3.99. The molecule has 0 heterocycles. The number of allylic oxidation sites excluding steroid dienone is 4. The summed E-state index contributed by atoms with van der Waals surface area (Å²) in [7, 11) is 0. The van der Waals surface area contributed by atoms with Gasteiger partial charge in [-0.3, -0.25) is 10.8 Å². The van der Waals surface area contributed by atoms with Gasteiger partial charge in [-0.2, -0.15) is 0 Å². The Bertz CT molecular complexity index is 1400. The lowest BCUT2D eigenvalue weighted by molar-refractivity contribution is 0.480. The summed E-state index contributed by atoms with van der Waals surface area (Å²) in [6, 6.07) is 22.5. The number of fused-ring (bicyclic) bond motifs is 2. The van der Waals surface area contributed by atoms with Crippen molar-refractivity contribution >= 4 is 50.3 Å². The number of phenols is 1. The van der Waals surface area contributed by atoms with Gasteiger partial charge in [-0.05, 0) is 70.5 Å². The van der Waals surface area contributed by atoms with Crippen LogP contribution in [0, 0.1) is 17.7 Å². The van der Waals surface area contributed by atoms with E-state index in [4.69, 9.17) is 28.2 Å². The number of benzene rings is 4. The summed E-state index contributed by atoms with van der Waals surface area (Å²) in [6.45, 7) is 1.99. The molecule has 0 aromatic heterocycles. The first-order chi connectivity index (χ1) is 15.3. The fourth-order valence-electron chi connectivity index (χ4n) is 3.82. The van der Waals surface area contributed by atoms with Crippen molar-refractivity contribution in [3.05, 3.63) is 95.6 Å². The molecule has 1 aliphatic rings. The Labute approximate surface area is 191 Å². The molecule has 0 saturated heterocycles. The number of aromatic hydroxyl groups is 1. The largest absolute Gasteiger partial charge is 0.505 e. The lowest BCUT2D eigenvalue weighted by atomic mass is 9.90. The van der Waals surface area contributed by atoms with Crippen LogP contribution in [0.1, 0.15) is 5.56 Å². The number of hydrogen-bond acceptors (Lipinski definition) is 4. The maximum atomic E-state index is 10.6. The Morgan fingerprint density at radius 2 is 1.41 bits per heavy atom. The summed E-state index contributed by atoms with van der Waals surface area (Å²) in [5.41, 5.74) is 9.64. The van der Waals surface area contributed by atoms with Gasteiger partial charge in [-0.25, -0.2) is 0 Å². The van der Waals surface area contributed by atoms with Crippen molar-refractivity contribution in [1.82, 2.24) is 0 Å². The summed E-state index contributed by atoms with van der Waals surface area (Å²) < 4.78 is 0. The molecule has 4 nitrogen and oxygen atoms in total. The molecule has 0 bridgehead atoms. The fraction of sp³-hybridized carbons (Fsp3) is 0.0370. The van der Waals surface area contributed by atoms with Crippen LogP contribution in [0.25, 0.3) is 32.7 Å². The van der Waals surface area contributed by atoms with Gasteiger partial charge in [0.2, 0.25) is 0 Å². The third kappa shape index (κ3) is 4.13. The first-order valence-electron chi connectivity index (χ1n) is 10.1. The van der Waals surface area contributed by atoms with Crippen LogP contribution < -0.4 is 5.73 Å². The highest BCUT2D eigenvalue weighted by molar-refractivity contribution is 6.51. The van der Waals surface area contributed by atoms with Gasteiger partial charge in [0.05, 0.1) is 17.1 Å². The van der Waals surface area contributed by atoms with E-state index in [1.807, 2.05) is 37.3 Å². The Morgan fingerprint density at radius 1 is 0.812 bits per heavy atom. The molecule has 0 radical (unpaired) electrons. The molecule has 0 aliphatic heterocycles. The van der Waals surface area contributed by atoms with E-state index in [9.17, 15) is 5.11 Å². The number of nitrogen functional groups attached to an aromatic ring is 1. The molecule has 158 valence electrons. The molecule has 1 aliphatic carbocycles. The van der Waals surface area contributed by atoms with Crippen LogP contribution in [0.4, 0.5) is 5.69 Å². The Kier molecular flexibility index (Phi) is 5.80. The van der Waals surface area contributed by atoms with E-state index in [0.717, 1.165) is 38.2 Å². The highest BCUT2D eigenvalue weighted by Gasteiger charge is 2.15. The van der Waals surface area contributed by atoms with E-state index in [0.29, 0.717) is 10.7 Å². The zero-order valence-electron chi connectivity index (χ0n) is 17.5. The first-order valence-corrected chi connectivity index (χ1v) is 10.5. The number of halogens is 1. The molecule has 0 unspecified atom stereocenters. The van der Waals surface area contributed by atoms with Crippen LogP contribution >= 0.6 is 11.6 Å². The van der Waals surface area contributed by atoms with Gasteiger partial charge in [-0.15, -0.1) is 0 Å². The maximum absolute atomic E-state index is 10.6. The smallest absolute Gasteiger partial charge is 0.146 e. The predicted molar refractivity (Wildman–Crippen MR) is 136 cm³/mol. The average Bonchev–Trinajstić information content (AvgIpc) is 2.78.